The van der Waals surface area contributed by atoms with E-state index in [0.717, 1.165) is 0 Å². The van der Waals surface area contributed by atoms with Crippen LogP contribution >= 0.6 is 11.6 Å². The molecule has 28 heavy (non-hydrogen) atoms. The van der Waals surface area contributed by atoms with Crippen LogP contribution in [-0.2, 0) is 20.8 Å². The highest BCUT2D eigenvalue weighted by atomic mass is 35.5. The first-order valence-corrected chi connectivity index (χ1v) is 8.94. The van der Waals surface area contributed by atoms with Gasteiger partial charge in [-0.2, -0.15) is 0 Å². The highest BCUT2D eigenvalue weighted by Gasteiger charge is 2.60. The normalized spacial score (nSPS) is 29.4. The summed E-state index contributed by atoms with van der Waals surface area (Å²) in [6.45, 7) is 0. The smallest absolute Gasteiger partial charge is 0.255 e. The summed E-state index contributed by atoms with van der Waals surface area (Å²) in [5, 5.41) is 42.6. The number of phenols is 1. The second-order valence-corrected chi connectivity index (χ2v) is 7.73. The maximum Gasteiger partial charge on any atom is 0.255 e. The Labute approximate surface area is 163 Å². The van der Waals surface area contributed by atoms with Gasteiger partial charge in [-0.25, -0.2) is 0 Å². The number of phenolic OH excluding ortho intramolecular Hbond substituents is 1. The van der Waals surface area contributed by atoms with Gasteiger partial charge in [-0.15, -0.1) is 0 Å². The van der Waals surface area contributed by atoms with Crippen molar-refractivity contribution in [1.29, 1.82) is 0 Å². The second kappa shape index (κ2) is 5.83. The van der Waals surface area contributed by atoms with Crippen molar-refractivity contribution >= 4 is 34.8 Å². The molecule has 1 aromatic rings. The Morgan fingerprint density at radius 2 is 1.86 bits per heavy atom. The van der Waals surface area contributed by atoms with Gasteiger partial charge in [-0.3, -0.25) is 14.4 Å². The molecule has 3 aliphatic rings. The first kappa shape index (κ1) is 18.5. The topological polar surface area (TPSA) is 158 Å². The minimum Gasteiger partial charge on any atom is -0.508 e. The molecule has 1 aromatic carbocycles. The number of aliphatic hydroxyl groups is 3. The van der Waals surface area contributed by atoms with Crippen molar-refractivity contribution in [2.75, 3.05) is 0 Å². The molecule has 0 aliphatic heterocycles. The van der Waals surface area contributed by atoms with Crippen LogP contribution in [0.3, 0.4) is 0 Å². The number of hydrogen-bond acceptors (Lipinski definition) is 7. The molecule has 3 aliphatic carbocycles. The number of benzene rings is 1. The van der Waals surface area contributed by atoms with Gasteiger partial charge in [0.2, 0.25) is 5.78 Å². The van der Waals surface area contributed by atoms with Gasteiger partial charge < -0.3 is 26.2 Å². The van der Waals surface area contributed by atoms with E-state index in [0.29, 0.717) is 10.6 Å². The monoisotopic (exact) mass is 405 g/mol. The first-order chi connectivity index (χ1) is 13.1. The van der Waals surface area contributed by atoms with E-state index in [9.17, 15) is 34.8 Å². The van der Waals surface area contributed by atoms with Crippen LogP contribution in [0.5, 0.6) is 5.75 Å². The SMILES string of the molecule is NC(=O)C1=C(O)[C@@]2(O)C(=O)C3=C(O)c4c(O)ccc(Cl)c4C[C@H]3C[C@H]2CC1=O. The number of ketones is 2. The van der Waals surface area contributed by atoms with Crippen molar-refractivity contribution in [3.05, 3.63) is 45.2 Å². The minimum absolute atomic E-state index is 0.0142. The molecule has 8 nitrogen and oxygen atoms in total. The Kier molecular flexibility index (Phi) is 3.85. The summed E-state index contributed by atoms with van der Waals surface area (Å²) >= 11 is 6.18. The maximum absolute atomic E-state index is 13.2. The summed E-state index contributed by atoms with van der Waals surface area (Å²) < 4.78 is 0. The molecule has 1 saturated carbocycles. The predicted octanol–water partition coefficient (Wildman–Crippen LogP) is 1.08. The van der Waals surface area contributed by atoms with Gasteiger partial charge >= 0.3 is 0 Å². The fraction of sp³-hybridized carbons (Fsp3) is 0.316. The lowest BCUT2D eigenvalue weighted by atomic mass is 9.59. The van der Waals surface area contributed by atoms with Gasteiger partial charge in [0.25, 0.3) is 5.91 Å². The first-order valence-electron chi connectivity index (χ1n) is 8.56. The quantitative estimate of drug-likeness (QED) is 0.437. The second-order valence-electron chi connectivity index (χ2n) is 7.33. The number of halogens is 1. The average molecular weight is 406 g/mol. The third kappa shape index (κ3) is 2.18. The van der Waals surface area contributed by atoms with Gasteiger partial charge in [0.1, 0.15) is 22.8 Å². The van der Waals surface area contributed by atoms with Gasteiger partial charge in [0.05, 0.1) is 5.56 Å². The third-order valence-electron chi connectivity index (χ3n) is 5.89. The number of nitrogens with two attached hydrogens (primary N) is 1. The van der Waals surface area contributed by atoms with Crippen molar-refractivity contribution in [1.82, 2.24) is 0 Å². The van der Waals surface area contributed by atoms with Gasteiger partial charge in [-0.05, 0) is 36.5 Å². The Bertz CT molecular complexity index is 1040. The number of carbonyl (C=O) groups excluding carboxylic acids is 3. The van der Waals surface area contributed by atoms with Crippen LogP contribution in [0.2, 0.25) is 5.02 Å². The van der Waals surface area contributed by atoms with Crippen molar-refractivity contribution in [3.8, 4) is 5.75 Å². The lowest BCUT2D eigenvalue weighted by Crippen LogP contribution is -2.58. The molecule has 1 fully saturated rings. The molecule has 4 rings (SSSR count). The van der Waals surface area contributed by atoms with Crippen LogP contribution in [-0.4, -0.2) is 43.5 Å². The number of amides is 1. The molecule has 0 aromatic heterocycles. The fourth-order valence-electron chi connectivity index (χ4n) is 4.58. The summed E-state index contributed by atoms with van der Waals surface area (Å²) in [4.78, 5) is 36.9. The number of aromatic hydroxyl groups is 1. The molecule has 3 atom stereocenters. The molecule has 0 radical (unpaired) electrons. The fourth-order valence-corrected chi connectivity index (χ4v) is 4.82. The van der Waals surface area contributed by atoms with E-state index in [4.69, 9.17) is 17.3 Å². The molecule has 0 spiro atoms. The van der Waals surface area contributed by atoms with E-state index in [1.807, 2.05) is 0 Å². The van der Waals surface area contributed by atoms with Gasteiger partial charge in [0, 0.05) is 22.9 Å². The van der Waals surface area contributed by atoms with E-state index in [-0.39, 0.29) is 36.1 Å². The minimum atomic E-state index is -2.55. The number of hydrogen-bond donors (Lipinski definition) is 5. The molecule has 1 amide bonds. The van der Waals surface area contributed by atoms with Crippen molar-refractivity contribution in [2.45, 2.75) is 24.9 Å². The van der Waals surface area contributed by atoms with E-state index in [1.54, 1.807) is 0 Å². The zero-order valence-electron chi connectivity index (χ0n) is 14.4. The van der Waals surface area contributed by atoms with Gasteiger partial charge in [-0.1, -0.05) is 11.6 Å². The van der Waals surface area contributed by atoms with Crippen LogP contribution in [0.25, 0.3) is 5.76 Å². The molecule has 6 N–H and O–H groups in total. The largest absolute Gasteiger partial charge is 0.508 e. The Balaban J connectivity index is 1.95. The van der Waals surface area contributed by atoms with Crippen LogP contribution in [0, 0.1) is 11.8 Å². The van der Waals surface area contributed by atoms with Crippen molar-refractivity contribution < 1.29 is 34.8 Å². The number of rotatable bonds is 1. The van der Waals surface area contributed by atoms with Crippen LogP contribution < -0.4 is 5.73 Å². The van der Waals surface area contributed by atoms with Crippen LogP contribution in [0.4, 0.5) is 0 Å². The number of Topliss-reactive ketones (excluding diaryl/α,β-unsaturated/α-hetero) is 2. The third-order valence-corrected chi connectivity index (χ3v) is 6.24. The summed E-state index contributed by atoms with van der Waals surface area (Å²) in [6, 6.07) is 2.73. The highest BCUT2D eigenvalue weighted by Crippen LogP contribution is 2.52. The lowest BCUT2D eigenvalue weighted by molar-refractivity contribution is -0.147. The zero-order chi connectivity index (χ0) is 20.5. The summed E-state index contributed by atoms with van der Waals surface area (Å²) in [7, 11) is 0. The standard InChI is InChI=1S/C19H16ClNO7/c20-9-1-2-10(22)13-8(9)4-6-3-7-5-11(23)14(18(21)27)17(26)19(7,28)16(25)12(6)15(13)24/h1-2,6-7,22,24,26,28H,3-5H2,(H2,21,27)/t6-,7+,19+/m1/s1. The number of primary amides is 1. The van der Waals surface area contributed by atoms with Crippen LogP contribution in [0.15, 0.2) is 29.0 Å². The Morgan fingerprint density at radius 3 is 2.50 bits per heavy atom. The maximum atomic E-state index is 13.2. The Morgan fingerprint density at radius 1 is 1.18 bits per heavy atom. The summed E-state index contributed by atoms with van der Waals surface area (Å²) in [5.41, 5.74) is 2.01. The summed E-state index contributed by atoms with van der Waals surface area (Å²) in [6.07, 6.45) is -0.0771. The van der Waals surface area contributed by atoms with Gasteiger partial charge in [0.15, 0.2) is 11.4 Å². The highest BCUT2D eigenvalue weighted by molar-refractivity contribution is 6.32. The number of fused-ring (bicyclic) bond motifs is 3. The predicted molar refractivity (Wildman–Crippen MR) is 96.4 cm³/mol. The van der Waals surface area contributed by atoms with Crippen molar-refractivity contribution in [2.24, 2.45) is 17.6 Å². The molecular formula is C19H16ClNO7. The molecule has 0 heterocycles. The molecular weight excluding hydrogens is 390 g/mol. The Hall–Kier alpha value is -2.84. The average Bonchev–Trinajstić information content (AvgIpc) is 2.61. The molecule has 0 unspecified atom stereocenters. The van der Waals surface area contributed by atoms with Crippen LogP contribution in [0.1, 0.15) is 24.0 Å². The van der Waals surface area contributed by atoms with E-state index in [2.05, 4.69) is 0 Å². The van der Waals surface area contributed by atoms with E-state index >= 15 is 0 Å². The van der Waals surface area contributed by atoms with E-state index in [1.165, 1.54) is 12.1 Å². The number of carbonyl (C=O) groups is 3. The zero-order valence-corrected chi connectivity index (χ0v) is 15.2. The molecule has 0 bridgehead atoms. The lowest BCUT2D eigenvalue weighted by Gasteiger charge is -2.46. The van der Waals surface area contributed by atoms with Crippen molar-refractivity contribution in [3.63, 3.8) is 0 Å². The summed E-state index contributed by atoms with van der Waals surface area (Å²) in [5.74, 6) is -6.53. The van der Waals surface area contributed by atoms with E-state index < -0.39 is 52.0 Å². The molecule has 9 heteroatoms. The molecule has 0 saturated heterocycles. The number of aliphatic hydroxyl groups excluding tert-OH is 2. The molecule has 146 valence electrons.